The largest absolute Gasteiger partial charge is 0.479 e. The maximum absolute atomic E-state index is 5.51. The van der Waals surface area contributed by atoms with E-state index in [9.17, 15) is 0 Å². The van der Waals surface area contributed by atoms with Crippen LogP contribution in [0.3, 0.4) is 0 Å². The summed E-state index contributed by atoms with van der Waals surface area (Å²) in [6.45, 7) is 5.23. The van der Waals surface area contributed by atoms with Crippen molar-refractivity contribution in [1.29, 1.82) is 0 Å². The molecule has 0 aromatic heterocycles. The topological polar surface area (TPSA) is 21.6 Å². The highest BCUT2D eigenvalue weighted by Gasteiger charge is 2.15. The Morgan fingerprint density at radius 1 is 1.21 bits per heavy atom. The Bertz CT molecular complexity index is 177. The Hall–Kier alpha value is -0.530. The third-order valence-corrected chi connectivity index (χ3v) is 2.73. The van der Waals surface area contributed by atoms with Crippen molar-refractivity contribution in [1.82, 2.24) is 0 Å². The minimum Gasteiger partial charge on any atom is -0.479 e. The van der Waals surface area contributed by atoms with Crippen molar-refractivity contribution in [2.24, 2.45) is 4.99 Å². The fourth-order valence-electron chi connectivity index (χ4n) is 1.70. The van der Waals surface area contributed by atoms with E-state index < -0.39 is 0 Å². The van der Waals surface area contributed by atoms with Gasteiger partial charge in [-0.15, -0.1) is 0 Å². The first-order valence-electron chi connectivity index (χ1n) is 6.06. The molecule has 0 aromatic carbocycles. The number of hydrogen-bond donors (Lipinski definition) is 0. The second-order valence-corrected chi connectivity index (χ2v) is 4.06. The molecule has 14 heavy (non-hydrogen) atoms. The Kier molecular flexibility index (Phi) is 5.65. The average molecular weight is 197 g/mol. The van der Waals surface area contributed by atoms with Crippen LogP contribution in [0.25, 0.3) is 0 Å². The molecule has 0 bridgehead atoms. The smallest absolute Gasteiger partial charge is 0.183 e. The highest BCUT2D eigenvalue weighted by Crippen LogP contribution is 2.13. The maximum atomic E-state index is 5.51. The van der Waals surface area contributed by atoms with Gasteiger partial charge in [-0.2, -0.15) is 0 Å². The normalized spacial score (nSPS) is 20.7. The van der Waals surface area contributed by atoms with Gasteiger partial charge in [-0.1, -0.05) is 39.5 Å². The van der Waals surface area contributed by atoms with Crippen LogP contribution in [0.5, 0.6) is 0 Å². The van der Waals surface area contributed by atoms with E-state index in [1.807, 2.05) is 0 Å². The fraction of sp³-hybridized carbons (Fsp3) is 0.917. The summed E-state index contributed by atoms with van der Waals surface area (Å²) >= 11 is 0. The number of unbranched alkanes of at least 4 members (excludes halogenated alkanes) is 4. The van der Waals surface area contributed by atoms with E-state index in [0.29, 0.717) is 6.04 Å². The summed E-state index contributed by atoms with van der Waals surface area (Å²) in [6.07, 6.45) is 8.78. The molecule has 0 saturated carbocycles. The van der Waals surface area contributed by atoms with Crippen LogP contribution in [0.4, 0.5) is 0 Å². The van der Waals surface area contributed by atoms with Gasteiger partial charge in [-0.25, -0.2) is 4.99 Å². The SMILES string of the molecule is CCCCCCCC1=NC(CC)CO1. The van der Waals surface area contributed by atoms with E-state index in [1.54, 1.807) is 0 Å². The van der Waals surface area contributed by atoms with Crippen molar-refractivity contribution in [3.8, 4) is 0 Å². The molecule has 0 saturated heterocycles. The first-order valence-corrected chi connectivity index (χ1v) is 6.06. The standard InChI is InChI=1S/C12H23NO/c1-3-5-6-7-8-9-12-13-11(4-2)10-14-12/h11H,3-10H2,1-2H3. The molecule has 2 heteroatoms. The van der Waals surface area contributed by atoms with Gasteiger partial charge in [0.05, 0.1) is 6.04 Å². The summed E-state index contributed by atoms with van der Waals surface area (Å²) in [5, 5.41) is 0. The first-order chi connectivity index (χ1) is 6.86. The Morgan fingerprint density at radius 2 is 2.00 bits per heavy atom. The lowest BCUT2D eigenvalue weighted by Crippen LogP contribution is -2.03. The van der Waals surface area contributed by atoms with E-state index in [-0.39, 0.29) is 0 Å². The van der Waals surface area contributed by atoms with E-state index in [2.05, 4.69) is 18.8 Å². The van der Waals surface area contributed by atoms with Gasteiger partial charge in [0.2, 0.25) is 0 Å². The van der Waals surface area contributed by atoms with Crippen molar-refractivity contribution >= 4 is 5.90 Å². The highest BCUT2D eigenvalue weighted by molar-refractivity contribution is 5.77. The molecule has 0 spiro atoms. The van der Waals surface area contributed by atoms with Gasteiger partial charge in [0, 0.05) is 6.42 Å². The molecule has 0 fully saturated rings. The van der Waals surface area contributed by atoms with Gasteiger partial charge >= 0.3 is 0 Å². The summed E-state index contributed by atoms with van der Waals surface area (Å²) in [5.74, 6) is 1.01. The molecular formula is C12H23NO. The summed E-state index contributed by atoms with van der Waals surface area (Å²) < 4.78 is 5.51. The number of nitrogens with zero attached hydrogens (tertiary/aromatic N) is 1. The second-order valence-electron chi connectivity index (χ2n) is 4.06. The first kappa shape index (κ1) is 11.5. The molecular weight excluding hydrogens is 174 g/mol. The molecule has 1 heterocycles. The molecule has 1 unspecified atom stereocenters. The van der Waals surface area contributed by atoms with Gasteiger partial charge in [-0.3, -0.25) is 0 Å². The van der Waals surface area contributed by atoms with Crippen LogP contribution in [0.15, 0.2) is 4.99 Å². The predicted octanol–water partition coefficient (Wildman–Crippen LogP) is 3.55. The molecule has 1 rings (SSSR count). The van der Waals surface area contributed by atoms with Crippen LogP contribution < -0.4 is 0 Å². The van der Waals surface area contributed by atoms with Crippen LogP contribution in [0.2, 0.25) is 0 Å². The molecule has 2 nitrogen and oxygen atoms in total. The predicted molar refractivity (Wildman–Crippen MR) is 60.8 cm³/mol. The van der Waals surface area contributed by atoms with Crippen LogP contribution >= 0.6 is 0 Å². The molecule has 1 aliphatic heterocycles. The molecule has 0 radical (unpaired) electrons. The minimum atomic E-state index is 0.445. The maximum Gasteiger partial charge on any atom is 0.183 e. The quantitative estimate of drug-likeness (QED) is 0.572. The van der Waals surface area contributed by atoms with E-state index in [4.69, 9.17) is 4.74 Å². The highest BCUT2D eigenvalue weighted by atomic mass is 16.5. The summed E-state index contributed by atoms with van der Waals surface area (Å²) in [5.41, 5.74) is 0. The molecule has 0 amide bonds. The Balaban J connectivity index is 2.02. The van der Waals surface area contributed by atoms with Crippen molar-refractivity contribution in [2.45, 2.75) is 64.8 Å². The third-order valence-electron chi connectivity index (χ3n) is 2.73. The molecule has 0 N–H and O–H groups in total. The van der Waals surface area contributed by atoms with E-state index >= 15 is 0 Å². The van der Waals surface area contributed by atoms with Crippen LogP contribution in [-0.4, -0.2) is 18.5 Å². The molecule has 0 aliphatic carbocycles. The monoisotopic (exact) mass is 197 g/mol. The number of rotatable bonds is 7. The Morgan fingerprint density at radius 3 is 2.64 bits per heavy atom. The molecule has 1 atom stereocenters. The zero-order chi connectivity index (χ0) is 10.2. The van der Waals surface area contributed by atoms with Gasteiger partial charge < -0.3 is 4.74 Å². The summed E-state index contributed by atoms with van der Waals surface area (Å²) in [7, 11) is 0. The van der Waals surface area contributed by atoms with Crippen LogP contribution in [-0.2, 0) is 4.74 Å². The summed E-state index contributed by atoms with van der Waals surface area (Å²) in [4.78, 5) is 4.52. The summed E-state index contributed by atoms with van der Waals surface area (Å²) in [6, 6.07) is 0.445. The van der Waals surface area contributed by atoms with Crippen LogP contribution in [0.1, 0.15) is 58.8 Å². The van der Waals surface area contributed by atoms with Gasteiger partial charge in [0.15, 0.2) is 5.90 Å². The van der Waals surface area contributed by atoms with Crippen molar-refractivity contribution in [2.75, 3.05) is 6.61 Å². The average Bonchev–Trinajstić information content (AvgIpc) is 2.65. The number of hydrogen-bond acceptors (Lipinski definition) is 2. The van der Waals surface area contributed by atoms with E-state index in [0.717, 1.165) is 25.3 Å². The molecule has 82 valence electrons. The second kappa shape index (κ2) is 6.86. The van der Waals surface area contributed by atoms with Crippen molar-refractivity contribution < 1.29 is 4.74 Å². The lowest BCUT2D eigenvalue weighted by atomic mass is 10.1. The molecule has 0 aromatic rings. The third kappa shape index (κ3) is 4.12. The van der Waals surface area contributed by atoms with Gasteiger partial charge in [0.25, 0.3) is 0 Å². The Labute approximate surface area is 87.8 Å². The van der Waals surface area contributed by atoms with Crippen LogP contribution in [0, 0.1) is 0 Å². The number of ether oxygens (including phenoxy) is 1. The fourth-order valence-corrected chi connectivity index (χ4v) is 1.70. The number of aliphatic imine (C=N–C) groups is 1. The zero-order valence-electron chi connectivity index (χ0n) is 9.59. The van der Waals surface area contributed by atoms with Gasteiger partial charge in [0.1, 0.15) is 6.61 Å². The lowest BCUT2D eigenvalue weighted by Gasteiger charge is -2.00. The lowest BCUT2D eigenvalue weighted by molar-refractivity contribution is 0.306. The van der Waals surface area contributed by atoms with Crippen molar-refractivity contribution in [3.05, 3.63) is 0 Å². The molecule has 1 aliphatic rings. The zero-order valence-corrected chi connectivity index (χ0v) is 9.59. The van der Waals surface area contributed by atoms with Crippen molar-refractivity contribution in [3.63, 3.8) is 0 Å². The van der Waals surface area contributed by atoms with E-state index in [1.165, 1.54) is 32.1 Å². The van der Waals surface area contributed by atoms with Gasteiger partial charge in [-0.05, 0) is 12.8 Å². The minimum absolute atomic E-state index is 0.445.